The molecule has 1 aliphatic carbocycles. The number of hydrogen-bond donors (Lipinski definition) is 1. The van der Waals surface area contributed by atoms with Crippen molar-refractivity contribution in [2.75, 3.05) is 5.73 Å². The molecule has 0 saturated carbocycles. The number of hydrogen-bond acceptors (Lipinski definition) is 5. The minimum atomic E-state index is -3.63. The summed E-state index contributed by atoms with van der Waals surface area (Å²) in [5, 5.41) is 0. The summed E-state index contributed by atoms with van der Waals surface area (Å²) >= 11 is 0. The lowest BCUT2D eigenvalue weighted by Crippen LogP contribution is -2.23. The molecule has 134 valence electrons. The standard InChI is InChI=1S/C21H15NO4S/c22-19-13(12-27(25,26)14-6-2-1-3-7-14)10-11-17-18(19)21(24)16-9-5-4-8-15(16)20(17)23/h1-11H,12,22H2. The summed E-state index contributed by atoms with van der Waals surface area (Å²) in [6.45, 7) is 0. The molecule has 4 rings (SSSR count). The fourth-order valence-corrected chi connectivity index (χ4v) is 4.70. The van der Waals surface area contributed by atoms with Gasteiger partial charge in [0, 0.05) is 22.4 Å². The van der Waals surface area contributed by atoms with E-state index in [1.54, 1.807) is 42.5 Å². The van der Waals surface area contributed by atoms with E-state index in [2.05, 4.69) is 0 Å². The van der Waals surface area contributed by atoms with E-state index in [0.717, 1.165) is 0 Å². The number of anilines is 1. The van der Waals surface area contributed by atoms with Gasteiger partial charge < -0.3 is 5.73 Å². The Morgan fingerprint density at radius 3 is 1.96 bits per heavy atom. The van der Waals surface area contributed by atoms with Crippen molar-refractivity contribution in [2.24, 2.45) is 0 Å². The highest BCUT2D eigenvalue weighted by molar-refractivity contribution is 7.90. The molecule has 0 spiro atoms. The van der Waals surface area contributed by atoms with Crippen LogP contribution in [0, 0.1) is 0 Å². The molecular weight excluding hydrogens is 362 g/mol. The zero-order valence-electron chi connectivity index (χ0n) is 14.2. The molecule has 0 aromatic heterocycles. The van der Waals surface area contributed by atoms with Crippen LogP contribution in [0.5, 0.6) is 0 Å². The van der Waals surface area contributed by atoms with Crippen LogP contribution < -0.4 is 5.73 Å². The van der Waals surface area contributed by atoms with Crippen LogP contribution in [0.3, 0.4) is 0 Å². The SMILES string of the molecule is Nc1c(CS(=O)(=O)c2ccccc2)ccc2c1C(=O)c1ccccc1C2=O. The van der Waals surface area contributed by atoms with Gasteiger partial charge in [-0.25, -0.2) is 8.42 Å². The van der Waals surface area contributed by atoms with Crippen molar-refractivity contribution in [3.8, 4) is 0 Å². The predicted molar refractivity (Wildman–Crippen MR) is 101 cm³/mol. The number of fused-ring (bicyclic) bond motifs is 2. The van der Waals surface area contributed by atoms with Crippen molar-refractivity contribution in [1.82, 2.24) is 0 Å². The van der Waals surface area contributed by atoms with Gasteiger partial charge in [-0.2, -0.15) is 0 Å². The zero-order chi connectivity index (χ0) is 19.2. The van der Waals surface area contributed by atoms with Gasteiger partial charge in [0.05, 0.1) is 16.2 Å². The van der Waals surface area contributed by atoms with E-state index in [-0.39, 0.29) is 44.6 Å². The molecule has 0 bridgehead atoms. The van der Waals surface area contributed by atoms with Crippen LogP contribution in [0.1, 0.15) is 37.4 Å². The number of sulfone groups is 1. The lowest BCUT2D eigenvalue weighted by atomic mass is 9.82. The van der Waals surface area contributed by atoms with Crippen LogP contribution in [0.15, 0.2) is 71.6 Å². The third kappa shape index (κ3) is 2.74. The normalized spacial score (nSPS) is 13.2. The summed E-state index contributed by atoms with van der Waals surface area (Å²) in [7, 11) is -3.63. The van der Waals surface area contributed by atoms with Crippen LogP contribution in [0.4, 0.5) is 5.69 Å². The first kappa shape index (κ1) is 17.2. The fourth-order valence-electron chi connectivity index (χ4n) is 3.30. The molecule has 3 aromatic rings. The van der Waals surface area contributed by atoms with Crippen LogP contribution in [0.25, 0.3) is 0 Å². The summed E-state index contributed by atoms with van der Waals surface area (Å²) in [4.78, 5) is 25.8. The number of carbonyl (C=O) groups excluding carboxylic acids is 2. The molecule has 3 aromatic carbocycles. The maximum Gasteiger partial charge on any atom is 0.196 e. The Bertz CT molecular complexity index is 1200. The highest BCUT2D eigenvalue weighted by atomic mass is 32.2. The number of carbonyl (C=O) groups is 2. The van der Waals surface area contributed by atoms with Crippen molar-refractivity contribution >= 4 is 27.1 Å². The van der Waals surface area contributed by atoms with E-state index in [1.807, 2.05) is 0 Å². The molecule has 0 heterocycles. The van der Waals surface area contributed by atoms with Gasteiger partial charge in [-0.15, -0.1) is 0 Å². The number of nitrogens with two attached hydrogens (primary N) is 1. The van der Waals surface area contributed by atoms with Gasteiger partial charge >= 0.3 is 0 Å². The maximum atomic E-state index is 12.9. The minimum absolute atomic E-state index is 0.0415. The smallest absolute Gasteiger partial charge is 0.196 e. The molecule has 5 nitrogen and oxygen atoms in total. The zero-order valence-corrected chi connectivity index (χ0v) is 15.0. The molecule has 0 saturated heterocycles. The Kier molecular flexibility index (Phi) is 3.93. The molecule has 0 unspecified atom stereocenters. The van der Waals surface area contributed by atoms with Gasteiger partial charge in [-0.1, -0.05) is 48.5 Å². The lowest BCUT2D eigenvalue weighted by molar-refractivity contribution is 0.0979. The molecule has 0 amide bonds. The van der Waals surface area contributed by atoms with E-state index < -0.39 is 9.84 Å². The fraction of sp³-hybridized carbons (Fsp3) is 0.0476. The van der Waals surface area contributed by atoms with Gasteiger partial charge in [-0.05, 0) is 23.8 Å². The summed E-state index contributed by atoms with van der Waals surface area (Å²) in [6, 6.07) is 17.6. The Balaban J connectivity index is 1.81. The third-order valence-electron chi connectivity index (χ3n) is 4.67. The lowest BCUT2D eigenvalue weighted by Gasteiger charge is -2.20. The Hall–Kier alpha value is -3.25. The van der Waals surface area contributed by atoms with E-state index in [9.17, 15) is 18.0 Å². The predicted octanol–water partition coefficient (Wildman–Crippen LogP) is 3.02. The molecule has 0 radical (unpaired) electrons. The number of benzene rings is 3. The largest absolute Gasteiger partial charge is 0.398 e. The second-order valence-corrected chi connectivity index (χ2v) is 8.33. The van der Waals surface area contributed by atoms with Crippen LogP contribution >= 0.6 is 0 Å². The van der Waals surface area contributed by atoms with E-state index in [4.69, 9.17) is 5.73 Å². The molecule has 1 aliphatic rings. The van der Waals surface area contributed by atoms with Crippen molar-refractivity contribution in [1.29, 1.82) is 0 Å². The van der Waals surface area contributed by atoms with E-state index >= 15 is 0 Å². The topological polar surface area (TPSA) is 94.3 Å². The van der Waals surface area contributed by atoms with Crippen LogP contribution in [-0.2, 0) is 15.6 Å². The summed E-state index contributed by atoms with van der Waals surface area (Å²) in [5.74, 6) is -1.000. The van der Waals surface area contributed by atoms with E-state index in [1.165, 1.54) is 24.3 Å². The molecule has 6 heteroatoms. The molecule has 0 fully saturated rings. The van der Waals surface area contributed by atoms with E-state index in [0.29, 0.717) is 11.1 Å². The first-order valence-electron chi connectivity index (χ1n) is 8.28. The summed E-state index contributed by atoms with van der Waals surface area (Å²) in [6.07, 6.45) is 0. The molecular formula is C21H15NO4S. The monoisotopic (exact) mass is 377 g/mol. The first-order valence-corrected chi connectivity index (χ1v) is 9.93. The van der Waals surface area contributed by atoms with Gasteiger partial charge in [0.2, 0.25) is 0 Å². The van der Waals surface area contributed by atoms with Gasteiger partial charge in [0.15, 0.2) is 21.4 Å². The number of nitrogen functional groups attached to an aromatic ring is 1. The average molecular weight is 377 g/mol. The Morgan fingerprint density at radius 1 is 0.704 bits per heavy atom. The minimum Gasteiger partial charge on any atom is -0.398 e. The average Bonchev–Trinajstić information content (AvgIpc) is 2.68. The van der Waals surface area contributed by atoms with Crippen molar-refractivity contribution in [2.45, 2.75) is 10.6 Å². The van der Waals surface area contributed by atoms with Crippen molar-refractivity contribution in [3.63, 3.8) is 0 Å². The molecule has 2 N–H and O–H groups in total. The van der Waals surface area contributed by atoms with Crippen molar-refractivity contribution < 1.29 is 18.0 Å². The molecule has 27 heavy (non-hydrogen) atoms. The first-order chi connectivity index (χ1) is 12.9. The molecule has 0 aliphatic heterocycles. The quantitative estimate of drug-likeness (QED) is 0.554. The third-order valence-corrected chi connectivity index (χ3v) is 6.35. The summed E-state index contributed by atoms with van der Waals surface area (Å²) < 4.78 is 25.3. The number of ketones is 2. The van der Waals surface area contributed by atoms with Gasteiger partial charge in [0.25, 0.3) is 0 Å². The second kappa shape index (κ2) is 6.17. The second-order valence-electron chi connectivity index (χ2n) is 6.34. The molecule has 0 atom stereocenters. The van der Waals surface area contributed by atoms with Crippen LogP contribution in [-0.4, -0.2) is 20.0 Å². The highest BCUT2D eigenvalue weighted by Crippen LogP contribution is 2.33. The maximum absolute atomic E-state index is 12.9. The highest BCUT2D eigenvalue weighted by Gasteiger charge is 2.32. The Morgan fingerprint density at radius 2 is 1.30 bits per heavy atom. The van der Waals surface area contributed by atoms with Crippen LogP contribution in [0.2, 0.25) is 0 Å². The number of rotatable bonds is 3. The Labute approximate surface area is 156 Å². The van der Waals surface area contributed by atoms with Crippen molar-refractivity contribution in [3.05, 3.63) is 94.5 Å². The van der Waals surface area contributed by atoms with Gasteiger partial charge in [0.1, 0.15) is 0 Å². The summed E-state index contributed by atoms with van der Waals surface area (Å²) in [5.41, 5.74) is 7.41. The van der Waals surface area contributed by atoms with Gasteiger partial charge in [-0.3, -0.25) is 9.59 Å².